The van der Waals surface area contributed by atoms with E-state index in [9.17, 15) is 14.4 Å². The van der Waals surface area contributed by atoms with Gasteiger partial charge in [-0.15, -0.1) is 0 Å². The molecule has 0 unspecified atom stereocenters. The van der Waals surface area contributed by atoms with Gasteiger partial charge in [0.2, 0.25) is 17.7 Å². The van der Waals surface area contributed by atoms with Crippen molar-refractivity contribution < 1.29 is 18.8 Å². The Balaban J connectivity index is 1.45. The van der Waals surface area contributed by atoms with Crippen LogP contribution in [-0.2, 0) is 20.9 Å². The third-order valence-electron chi connectivity index (χ3n) is 4.79. The van der Waals surface area contributed by atoms with Gasteiger partial charge in [-0.1, -0.05) is 18.2 Å². The number of amides is 3. The molecule has 2 aliphatic rings. The summed E-state index contributed by atoms with van der Waals surface area (Å²) < 4.78 is 5.36. The van der Waals surface area contributed by atoms with Crippen molar-refractivity contribution in [3.8, 4) is 0 Å². The minimum absolute atomic E-state index is 0.0621. The molecular formula is C19H18N2O4. The molecule has 1 aliphatic carbocycles. The molecule has 6 heteroatoms. The third kappa shape index (κ3) is 3.07. The molecule has 2 heterocycles. The van der Waals surface area contributed by atoms with Crippen LogP contribution in [0.2, 0.25) is 0 Å². The second-order valence-corrected chi connectivity index (χ2v) is 6.48. The molecule has 1 aliphatic heterocycles. The van der Waals surface area contributed by atoms with E-state index in [4.69, 9.17) is 4.42 Å². The number of benzene rings is 1. The first-order valence-electron chi connectivity index (χ1n) is 8.39. The average molecular weight is 338 g/mol. The number of likely N-dealkylation sites (tertiary alicyclic amines) is 1. The van der Waals surface area contributed by atoms with Crippen molar-refractivity contribution in [2.24, 2.45) is 5.92 Å². The van der Waals surface area contributed by atoms with Gasteiger partial charge >= 0.3 is 0 Å². The molecule has 4 rings (SSSR count). The normalized spacial score (nSPS) is 22.3. The molecular weight excluding hydrogens is 320 g/mol. The average Bonchev–Trinajstić information content (AvgIpc) is 3.11. The SMILES string of the molecule is O=C(Nc1ccccc1CN1C(=O)CCC1=O)[C@H]1C[C@@H]1c1ccco1. The number of hydrogen-bond acceptors (Lipinski definition) is 4. The Morgan fingerprint density at radius 2 is 1.88 bits per heavy atom. The highest BCUT2D eigenvalue weighted by Gasteiger charge is 2.46. The molecule has 25 heavy (non-hydrogen) atoms. The lowest BCUT2D eigenvalue weighted by Crippen LogP contribution is -2.29. The van der Waals surface area contributed by atoms with E-state index in [1.165, 1.54) is 4.90 Å². The molecule has 0 spiro atoms. The lowest BCUT2D eigenvalue weighted by atomic mass is 10.1. The lowest BCUT2D eigenvalue weighted by molar-refractivity contribution is -0.139. The molecule has 0 radical (unpaired) electrons. The summed E-state index contributed by atoms with van der Waals surface area (Å²) in [5, 5.41) is 2.94. The van der Waals surface area contributed by atoms with Gasteiger partial charge in [0, 0.05) is 30.4 Å². The van der Waals surface area contributed by atoms with E-state index in [1.54, 1.807) is 12.3 Å². The number of furan rings is 1. The van der Waals surface area contributed by atoms with Gasteiger partial charge in [0.25, 0.3) is 0 Å². The van der Waals surface area contributed by atoms with E-state index in [-0.39, 0.29) is 48.9 Å². The summed E-state index contributed by atoms with van der Waals surface area (Å²) in [6, 6.07) is 11.0. The Morgan fingerprint density at radius 1 is 1.12 bits per heavy atom. The highest BCUT2D eigenvalue weighted by Crippen LogP contribution is 2.48. The van der Waals surface area contributed by atoms with E-state index in [0.717, 1.165) is 17.7 Å². The quantitative estimate of drug-likeness (QED) is 0.850. The largest absolute Gasteiger partial charge is 0.469 e. The van der Waals surface area contributed by atoms with Gasteiger partial charge in [0.1, 0.15) is 5.76 Å². The van der Waals surface area contributed by atoms with Crippen LogP contribution in [0, 0.1) is 5.92 Å². The maximum atomic E-state index is 12.5. The van der Waals surface area contributed by atoms with Gasteiger partial charge in [-0.3, -0.25) is 19.3 Å². The fourth-order valence-electron chi connectivity index (χ4n) is 3.28. The van der Waals surface area contributed by atoms with E-state index in [2.05, 4.69) is 5.32 Å². The summed E-state index contributed by atoms with van der Waals surface area (Å²) in [7, 11) is 0. The molecule has 1 saturated carbocycles. The predicted octanol–water partition coefficient (Wildman–Crippen LogP) is 2.67. The molecule has 1 N–H and O–H groups in total. The molecule has 1 aromatic carbocycles. The smallest absolute Gasteiger partial charge is 0.229 e. The minimum atomic E-state index is -0.161. The van der Waals surface area contributed by atoms with Crippen molar-refractivity contribution in [2.75, 3.05) is 5.32 Å². The molecule has 1 saturated heterocycles. The Morgan fingerprint density at radius 3 is 2.60 bits per heavy atom. The van der Waals surface area contributed by atoms with Crippen molar-refractivity contribution >= 4 is 23.4 Å². The molecule has 2 fully saturated rings. The second-order valence-electron chi connectivity index (χ2n) is 6.48. The number of nitrogens with zero attached hydrogens (tertiary/aromatic N) is 1. The summed E-state index contributed by atoms with van der Waals surface area (Å²) >= 11 is 0. The Kier molecular flexibility index (Phi) is 3.87. The van der Waals surface area contributed by atoms with Crippen LogP contribution in [0.3, 0.4) is 0 Å². The maximum absolute atomic E-state index is 12.5. The number of carbonyl (C=O) groups is 3. The zero-order chi connectivity index (χ0) is 17.4. The van der Waals surface area contributed by atoms with Crippen LogP contribution in [0.1, 0.15) is 36.5 Å². The predicted molar refractivity (Wildman–Crippen MR) is 89.4 cm³/mol. The summed E-state index contributed by atoms with van der Waals surface area (Å²) in [6.07, 6.45) is 2.91. The highest BCUT2D eigenvalue weighted by atomic mass is 16.3. The zero-order valence-electron chi connectivity index (χ0n) is 13.6. The summed E-state index contributed by atoms with van der Waals surface area (Å²) in [4.78, 5) is 37.4. The van der Waals surface area contributed by atoms with E-state index < -0.39 is 0 Å². The van der Waals surface area contributed by atoms with Gasteiger partial charge in [-0.05, 0) is 30.2 Å². The maximum Gasteiger partial charge on any atom is 0.229 e. The molecule has 6 nitrogen and oxygen atoms in total. The van der Waals surface area contributed by atoms with E-state index >= 15 is 0 Å². The molecule has 1 aromatic heterocycles. The van der Waals surface area contributed by atoms with Crippen molar-refractivity contribution in [3.63, 3.8) is 0 Å². The number of anilines is 1. The summed E-state index contributed by atoms with van der Waals surface area (Å²) in [5.41, 5.74) is 1.40. The highest BCUT2D eigenvalue weighted by molar-refractivity contribution is 6.02. The Labute approximate surface area is 144 Å². The first kappa shape index (κ1) is 15.6. The number of nitrogens with one attached hydrogen (secondary N) is 1. The number of carbonyl (C=O) groups excluding carboxylic acids is 3. The number of hydrogen-bond donors (Lipinski definition) is 1. The zero-order valence-corrected chi connectivity index (χ0v) is 13.6. The first-order chi connectivity index (χ1) is 12.1. The molecule has 128 valence electrons. The second kappa shape index (κ2) is 6.20. The number of imide groups is 1. The van der Waals surface area contributed by atoms with Crippen molar-refractivity contribution in [2.45, 2.75) is 31.7 Å². The van der Waals surface area contributed by atoms with Gasteiger partial charge in [0.05, 0.1) is 12.8 Å². The molecule has 3 amide bonds. The van der Waals surface area contributed by atoms with Crippen molar-refractivity contribution in [1.82, 2.24) is 4.90 Å². The van der Waals surface area contributed by atoms with Crippen LogP contribution >= 0.6 is 0 Å². The van der Waals surface area contributed by atoms with Gasteiger partial charge in [0.15, 0.2) is 0 Å². The van der Waals surface area contributed by atoms with E-state index in [1.807, 2.05) is 30.3 Å². The van der Waals surface area contributed by atoms with Crippen LogP contribution < -0.4 is 5.32 Å². The molecule has 0 bridgehead atoms. The fraction of sp³-hybridized carbons (Fsp3) is 0.316. The molecule has 2 aromatic rings. The van der Waals surface area contributed by atoms with Crippen LogP contribution in [0.5, 0.6) is 0 Å². The Hall–Kier alpha value is -2.89. The van der Waals surface area contributed by atoms with Crippen molar-refractivity contribution in [3.05, 3.63) is 54.0 Å². The van der Waals surface area contributed by atoms with Crippen LogP contribution in [0.25, 0.3) is 0 Å². The topological polar surface area (TPSA) is 79.6 Å². The number of rotatable bonds is 5. The minimum Gasteiger partial charge on any atom is -0.469 e. The lowest BCUT2D eigenvalue weighted by Gasteiger charge is -2.17. The van der Waals surface area contributed by atoms with Gasteiger partial charge in [-0.25, -0.2) is 0 Å². The Bertz CT molecular complexity index is 812. The summed E-state index contributed by atoms with van der Waals surface area (Å²) in [6.45, 7) is 0.195. The standard InChI is InChI=1S/C19H18N2O4/c22-17-7-8-18(23)21(17)11-12-4-1-2-5-15(12)20-19(24)14-10-13(14)16-6-3-9-25-16/h1-6,9,13-14H,7-8,10-11H2,(H,20,24)/t13-,14-/m0/s1. The summed E-state index contributed by atoms with van der Waals surface area (Å²) in [5.74, 6) is 0.477. The van der Waals surface area contributed by atoms with Crippen LogP contribution in [0.15, 0.2) is 47.1 Å². The number of para-hydroxylation sites is 1. The van der Waals surface area contributed by atoms with Crippen molar-refractivity contribution in [1.29, 1.82) is 0 Å². The third-order valence-corrected chi connectivity index (χ3v) is 4.79. The van der Waals surface area contributed by atoms with E-state index in [0.29, 0.717) is 5.69 Å². The first-order valence-corrected chi connectivity index (χ1v) is 8.39. The van der Waals surface area contributed by atoms with Crippen LogP contribution in [-0.4, -0.2) is 22.6 Å². The van der Waals surface area contributed by atoms with Gasteiger partial charge in [-0.2, -0.15) is 0 Å². The van der Waals surface area contributed by atoms with Crippen LogP contribution in [0.4, 0.5) is 5.69 Å². The van der Waals surface area contributed by atoms with Gasteiger partial charge < -0.3 is 9.73 Å². The monoisotopic (exact) mass is 338 g/mol. The fourth-order valence-corrected chi connectivity index (χ4v) is 3.28. The molecule has 2 atom stereocenters.